The lowest BCUT2D eigenvalue weighted by atomic mass is 10.0. The average Bonchev–Trinajstić information content (AvgIpc) is 2.86. The van der Waals surface area contributed by atoms with Crippen molar-refractivity contribution in [2.24, 2.45) is 0 Å². The van der Waals surface area contributed by atoms with Crippen LogP contribution in [0.25, 0.3) is 0 Å². The second kappa shape index (κ2) is 7.04. The highest BCUT2D eigenvalue weighted by Crippen LogP contribution is 2.27. The lowest BCUT2D eigenvalue weighted by molar-refractivity contribution is -0.122. The molecule has 1 aromatic carbocycles. The quantitative estimate of drug-likeness (QED) is 0.820. The Morgan fingerprint density at radius 1 is 1.13 bits per heavy atom. The molecule has 1 heterocycles. The Bertz CT molecular complexity index is 686. The van der Waals surface area contributed by atoms with Crippen molar-refractivity contribution in [3.05, 3.63) is 51.5 Å². The van der Waals surface area contributed by atoms with E-state index in [4.69, 9.17) is 0 Å². The largest absolute Gasteiger partial charge is 0.345 e. The number of thiazole rings is 1. The number of aryl methyl sites for hydroxylation is 2. The van der Waals surface area contributed by atoms with E-state index in [1.807, 2.05) is 45.9 Å². The van der Waals surface area contributed by atoms with E-state index in [0.717, 1.165) is 15.6 Å². The molecule has 23 heavy (non-hydrogen) atoms. The van der Waals surface area contributed by atoms with Gasteiger partial charge in [-0.3, -0.25) is 9.59 Å². The minimum Gasteiger partial charge on any atom is -0.345 e. The van der Waals surface area contributed by atoms with Gasteiger partial charge in [0.15, 0.2) is 5.78 Å². The van der Waals surface area contributed by atoms with Gasteiger partial charge in [-0.05, 0) is 27.7 Å². The van der Waals surface area contributed by atoms with Gasteiger partial charge < -0.3 is 5.32 Å². The summed E-state index contributed by atoms with van der Waals surface area (Å²) in [4.78, 5) is 29.9. The van der Waals surface area contributed by atoms with Crippen LogP contribution in [0.5, 0.6) is 0 Å². The molecule has 2 aromatic rings. The van der Waals surface area contributed by atoms with Crippen molar-refractivity contribution in [3.63, 3.8) is 0 Å². The number of rotatable bonds is 6. The molecule has 0 aliphatic carbocycles. The van der Waals surface area contributed by atoms with E-state index < -0.39 is 5.54 Å². The maximum Gasteiger partial charge on any atom is 0.221 e. The maximum absolute atomic E-state index is 12.2. The number of hydrogen-bond acceptors (Lipinski definition) is 4. The molecule has 1 N–H and O–H groups in total. The molecule has 1 aromatic heterocycles. The minimum atomic E-state index is -0.531. The van der Waals surface area contributed by atoms with Gasteiger partial charge in [0, 0.05) is 23.3 Å². The van der Waals surface area contributed by atoms with Gasteiger partial charge in [0.1, 0.15) is 5.01 Å². The van der Waals surface area contributed by atoms with Crippen molar-refractivity contribution >= 4 is 23.0 Å². The predicted molar refractivity (Wildman–Crippen MR) is 92.8 cm³/mol. The number of nitrogens with one attached hydrogen (secondary N) is 1. The molecule has 122 valence electrons. The first-order valence-electron chi connectivity index (χ1n) is 7.63. The van der Waals surface area contributed by atoms with Crippen LogP contribution in [0.15, 0.2) is 30.3 Å². The fourth-order valence-corrected chi connectivity index (χ4v) is 3.17. The number of benzene rings is 1. The van der Waals surface area contributed by atoms with Gasteiger partial charge in [-0.25, -0.2) is 4.98 Å². The summed E-state index contributed by atoms with van der Waals surface area (Å²) in [6.07, 6.45) is 0.391. The van der Waals surface area contributed by atoms with Crippen LogP contribution in [0.3, 0.4) is 0 Å². The van der Waals surface area contributed by atoms with Crippen molar-refractivity contribution in [1.82, 2.24) is 10.3 Å². The molecule has 0 aliphatic heterocycles. The monoisotopic (exact) mass is 330 g/mol. The lowest BCUT2D eigenvalue weighted by Crippen LogP contribution is -2.41. The molecule has 0 bridgehead atoms. The van der Waals surface area contributed by atoms with Crippen LogP contribution in [-0.4, -0.2) is 16.7 Å². The molecule has 0 unspecified atom stereocenters. The van der Waals surface area contributed by atoms with Crippen LogP contribution in [0.4, 0.5) is 0 Å². The molecule has 0 saturated carbocycles. The molecule has 0 atom stereocenters. The summed E-state index contributed by atoms with van der Waals surface area (Å²) in [5.74, 6) is -0.149. The van der Waals surface area contributed by atoms with Crippen LogP contribution in [0.1, 0.15) is 52.6 Å². The van der Waals surface area contributed by atoms with Gasteiger partial charge in [0.25, 0.3) is 0 Å². The molecule has 0 saturated heterocycles. The normalized spacial score (nSPS) is 11.3. The molecule has 4 nitrogen and oxygen atoms in total. The summed E-state index contributed by atoms with van der Waals surface area (Å²) in [5, 5.41) is 3.86. The zero-order valence-corrected chi connectivity index (χ0v) is 14.8. The molecule has 0 radical (unpaired) electrons. The van der Waals surface area contributed by atoms with Crippen LogP contribution < -0.4 is 5.32 Å². The van der Waals surface area contributed by atoms with E-state index in [0.29, 0.717) is 5.56 Å². The Hall–Kier alpha value is -2.01. The first kappa shape index (κ1) is 17.3. The number of amides is 1. The SMILES string of the molecule is Cc1nc(C(C)(C)NC(=O)CCC(=O)c2ccccc2)sc1C. The highest BCUT2D eigenvalue weighted by Gasteiger charge is 2.27. The summed E-state index contributed by atoms with van der Waals surface area (Å²) in [7, 11) is 0. The number of aromatic nitrogens is 1. The first-order valence-corrected chi connectivity index (χ1v) is 8.45. The highest BCUT2D eigenvalue weighted by atomic mass is 32.1. The minimum absolute atomic E-state index is 0.0144. The zero-order chi connectivity index (χ0) is 17.0. The number of Topliss-reactive ketones (excluding diaryl/α,β-unsaturated/α-hetero) is 1. The third-order valence-electron chi connectivity index (χ3n) is 3.69. The maximum atomic E-state index is 12.2. The second-order valence-corrected chi connectivity index (χ2v) is 7.33. The highest BCUT2D eigenvalue weighted by molar-refractivity contribution is 7.11. The van der Waals surface area contributed by atoms with Gasteiger partial charge in [0.2, 0.25) is 5.91 Å². The number of nitrogens with zero attached hydrogens (tertiary/aromatic N) is 1. The summed E-state index contributed by atoms with van der Waals surface area (Å²) >= 11 is 1.59. The molecular weight excluding hydrogens is 308 g/mol. The third kappa shape index (κ3) is 4.48. The first-order chi connectivity index (χ1) is 10.8. The van der Waals surface area contributed by atoms with Crippen molar-refractivity contribution in [2.75, 3.05) is 0 Å². The molecule has 0 spiro atoms. The standard InChI is InChI=1S/C18H22N2O2S/c1-12-13(2)23-17(19-12)18(3,4)20-16(22)11-10-15(21)14-8-6-5-7-9-14/h5-9H,10-11H2,1-4H3,(H,20,22). The molecule has 0 aliphatic rings. The average molecular weight is 330 g/mol. The van der Waals surface area contributed by atoms with Gasteiger partial charge >= 0.3 is 0 Å². The van der Waals surface area contributed by atoms with Crippen molar-refractivity contribution < 1.29 is 9.59 Å². The van der Waals surface area contributed by atoms with Gasteiger partial charge in [-0.15, -0.1) is 11.3 Å². The molecule has 5 heteroatoms. The Labute approximate surface area is 141 Å². The third-order valence-corrected chi connectivity index (χ3v) is 5.09. The van der Waals surface area contributed by atoms with Crippen molar-refractivity contribution in [3.8, 4) is 0 Å². The van der Waals surface area contributed by atoms with E-state index in [2.05, 4.69) is 10.3 Å². The van der Waals surface area contributed by atoms with Crippen LogP contribution in [0.2, 0.25) is 0 Å². The van der Waals surface area contributed by atoms with Gasteiger partial charge in [-0.2, -0.15) is 0 Å². The van der Waals surface area contributed by atoms with Gasteiger partial charge in [-0.1, -0.05) is 30.3 Å². The Morgan fingerprint density at radius 3 is 2.35 bits per heavy atom. The van der Waals surface area contributed by atoms with Crippen LogP contribution in [0, 0.1) is 13.8 Å². The van der Waals surface area contributed by atoms with E-state index in [1.165, 1.54) is 0 Å². The molecular formula is C18H22N2O2S. The Morgan fingerprint density at radius 2 is 1.78 bits per heavy atom. The number of carbonyl (C=O) groups excluding carboxylic acids is 2. The topological polar surface area (TPSA) is 59.1 Å². The summed E-state index contributed by atoms with van der Waals surface area (Å²) in [6, 6.07) is 9.05. The van der Waals surface area contributed by atoms with Crippen LogP contribution in [-0.2, 0) is 10.3 Å². The number of ketones is 1. The van der Waals surface area contributed by atoms with Crippen molar-refractivity contribution in [1.29, 1.82) is 0 Å². The van der Waals surface area contributed by atoms with Crippen LogP contribution >= 0.6 is 11.3 Å². The molecule has 2 rings (SSSR count). The van der Waals surface area contributed by atoms with Crippen molar-refractivity contribution in [2.45, 2.75) is 46.1 Å². The fourth-order valence-electron chi connectivity index (χ4n) is 2.20. The molecule has 0 fully saturated rings. The van der Waals surface area contributed by atoms with E-state index in [9.17, 15) is 9.59 Å². The fraction of sp³-hybridized carbons (Fsp3) is 0.389. The summed E-state index contributed by atoms with van der Waals surface area (Å²) < 4.78 is 0. The summed E-state index contributed by atoms with van der Waals surface area (Å²) in [6.45, 7) is 7.85. The number of carbonyl (C=O) groups is 2. The van der Waals surface area contributed by atoms with Gasteiger partial charge in [0.05, 0.1) is 11.2 Å². The summed E-state index contributed by atoms with van der Waals surface area (Å²) in [5.41, 5.74) is 1.11. The molecule has 1 amide bonds. The van der Waals surface area contributed by atoms with E-state index in [1.54, 1.807) is 23.5 Å². The second-order valence-electron chi connectivity index (χ2n) is 6.12. The Balaban J connectivity index is 1.92. The lowest BCUT2D eigenvalue weighted by Gasteiger charge is -2.23. The Kier molecular flexibility index (Phi) is 5.31. The van der Waals surface area contributed by atoms with E-state index in [-0.39, 0.29) is 24.5 Å². The van der Waals surface area contributed by atoms with E-state index >= 15 is 0 Å². The smallest absolute Gasteiger partial charge is 0.221 e. The number of hydrogen-bond donors (Lipinski definition) is 1. The zero-order valence-electron chi connectivity index (χ0n) is 14.0. The predicted octanol–water partition coefficient (Wildman–Crippen LogP) is 3.77.